The van der Waals surface area contributed by atoms with E-state index in [2.05, 4.69) is 5.32 Å². The third-order valence-corrected chi connectivity index (χ3v) is 6.03. The van der Waals surface area contributed by atoms with Crippen LogP contribution >= 0.6 is 0 Å². The van der Waals surface area contributed by atoms with Gasteiger partial charge >= 0.3 is 5.97 Å². The Bertz CT molecular complexity index is 1170. The van der Waals surface area contributed by atoms with Gasteiger partial charge in [-0.1, -0.05) is 24.3 Å². The van der Waals surface area contributed by atoms with E-state index in [0.717, 1.165) is 0 Å². The molecular formula is C21H19NO7S. The number of rotatable bonds is 8. The van der Waals surface area contributed by atoms with Gasteiger partial charge < -0.3 is 19.6 Å². The first-order chi connectivity index (χ1) is 14.3. The topological polar surface area (TPSA) is 123 Å². The molecule has 0 fully saturated rings. The highest BCUT2D eigenvalue weighted by molar-refractivity contribution is 7.90. The summed E-state index contributed by atoms with van der Waals surface area (Å²) in [4.78, 5) is 23.8. The highest BCUT2D eigenvalue weighted by Gasteiger charge is 2.22. The quantitative estimate of drug-likeness (QED) is 0.564. The molecule has 0 bridgehead atoms. The van der Waals surface area contributed by atoms with E-state index in [1.54, 1.807) is 24.3 Å². The molecule has 30 heavy (non-hydrogen) atoms. The van der Waals surface area contributed by atoms with Crippen LogP contribution in [0.3, 0.4) is 0 Å². The minimum absolute atomic E-state index is 0.00650. The Labute approximate surface area is 173 Å². The van der Waals surface area contributed by atoms with Crippen LogP contribution in [0.5, 0.6) is 5.75 Å². The summed E-state index contributed by atoms with van der Waals surface area (Å²) in [5.74, 6) is -2.01. The standard InChI is InChI=1S/C21H19NO7S/c1-28-18-11-14(7-8-17(18)21(24)25)12-22-20(23)19-15(9-10-29-19)13-30(26,27)16-5-3-2-4-6-16/h2-11H,12-13H2,1H3,(H,22,23)(H,24,25). The second-order valence-electron chi connectivity index (χ2n) is 6.37. The van der Waals surface area contributed by atoms with Gasteiger partial charge in [-0.15, -0.1) is 0 Å². The third kappa shape index (κ3) is 4.69. The smallest absolute Gasteiger partial charge is 0.339 e. The number of furan rings is 1. The Morgan fingerprint density at radius 1 is 1.10 bits per heavy atom. The van der Waals surface area contributed by atoms with Crippen molar-refractivity contribution < 1.29 is 32.3 Å². The third-order valence-electron chi connectivity index (χ3n) is 4.35. The molecule has 0 aliphatic heterocycles. The van der Waals surface area contributed by atoms with Crippen molar-refractivity contribution in [2.24, 2.45) is 0 Å². The van der Waals surface area contributed by atoms with E-state index in [4.69, 9.17) is 14.3 Å². The van der Waals surface area contributed by atoms with Crippen molar-refractivity contribution in [3.05, 3.63) is 83.3 Å². The van der Waals surface area contributed by atoms with Crippen LogP contribution in [0.15, 0.2) is 70.2 Å². The minimum Gasteiger partial charge on any atom is -0.496 e. The Balaban J connectivity index is 1.72. The van der Waals surface area contributed by atoms with Crippen LogP contribution in [-0.4, -0.2) is 32.5 Å². The largest absolute Gasteiger partial charge is 0.496 e. The van der Waals surface area contributed by atoms with Crippen molar-refractivity contribution in [3.8, 4) is 5.75 Å². The van der Waals surface area contributed by atoms with Crippen LogP contribution < -0.4 is 10.1 Å². The van der Waals surface area contributed by atoms with Gasteiger partial charge in [-0.3, -0.25) is 4.79 Å². The summed E-state index contributed by atoms with van der Waals surface area (Å²) in [5.41, 5.74) is 0.859. The molecule has 0 unspecified atom stereocenters. The van der Waals surface area contributed by atoms with Gasteiger partial charge in [0.05, 0.1) is 24.0 Å². The molecule has 2 N–H and O–H groups in total. The van der Waals surface area contributed by atoms with Crippen LogP contribution in [0, 0.1) is 0 Å². The number of aromatic carboxylic acids is 1. The average Bonchev–Trinajstić information content (AvgIpc) is 3.19. The summed E-state index contributed by atoms with van der Waals surface area (Å²) in [6.07, 6.45) is 1.26. The molecule has 1 amide bonds. The highest BCUT2D eigenvalue weighted by atomic mass is 32.2. The number of hydrogen-bond donors (Lipinski definition) is 2. The number of carbonyl (C=O) groups excluding carboxylic acids is 1. The van der Waals surface area contributed by atoms with Gasteiger partial charge in [-0.2, -0.15) is 0 Å². The van der Waals surface area contributed by atoms with Crippen molar-refractivity contribution in [2.75, 3.05) is 7.11 Å². The second-order valence-corrected chi connectivity index (χ2v) is 8.36. The Kier molecular flexibility index (Phi) is 6.22. The lowest BCUT2D eigenvalue weighted by atomic mass is 10.1. The van der Waals surface area contributed by atoms with E-state index >= 15 is 0 Å². The summed E-state index contributed by atoms with van der Waals surface area (Å²) < 4.78 is 35.4. The van der Waals surface area contributed by atoms with Crippen molar-refractivity contribution in [3.63, 3.8) is 0 Å². The predicted octanol–water partition coefficient (Wildman–Crippen LogP) is 2.89. The molecule has 0 saturated carbocycles. The van der Waals surface area contributed by atoms with Gasteiger partial charge in [0.1, 0.15) is 11.3 Å². The van der Waals surface area contributed by atoms with Gasteiger partial charge in [-0.25, -0.2) is 13.2 Å². The van der Waals surface area contributed by atoms with Crippen LogP contribution in [0.4, 0.5) is 0 Å². The lowest BCUT2D eigenvalue weighted by Gasteiger charge is -2.09. The fourth-order valence-electron chi connectivity index (χ4n) is 2.85. The zero-order valence-corrected chi connectivity index (χ0v) is 16.8. The van der Waals surface area contributed by atoms with Crippen LogP contribution in [0.25, 0.3) is 0 Å². The SMILES string of the molecule is COc1cc(CNC(=O)c2occc2CS(=O)(=O)c2ccccc2)ccc1C(=O)O. The Morgan fingerprint density at radius 2 is 1.83 bits per heavy atom. The number of hydrogen-bond acceptors (Lipinski definition) is 6. The Hall–Kier alpha value is -3.59. The molecule has 0 spiro atoms. The number of carbonyl (C=O) groups is 2. The van der Waals surface area contributed by atoms with E-state index in [0.29, 0.717) is 5.56 Å². The molecule has 3 rings (SSSR count). The van der Waals surface area contributed by atoms with Crippen molar-refractivity contribution in [1.82, 2.24) is 5.32 Å². The lowest BCUT2D eigenvalue weighted by Crippen LogP contribution is -2.24. The molecule has 0 atom stereocenters. The number of carboxylic acid groups (broad SMARTS) is 1. The summed E-state index contributed by atoms with van der Waals surface area (Å²) in [6, 6.07) is 13.8. The van der Waals surface area contributed by atoms with Crippen LogP contribution in [0.1, 0.15) is 32.0 Å². The number of ether oxygens (including phenoxy) is 1. The lowest BCUT2D eigenvalue weighted by molar-refractivity contribution is 0.0693. The highest BCUT2D eigenvalue weighted by Crippen LogP contribution is 2.22. The molecule has 3 aromatic rings. The summed E-state index contributed by atoms with van der Waals surface area (Å²) in [5, 5.41) is 11.8. The zero-order valence-electron chi connectivity index (χ0n) is 16.0. The van der Waals surface area contributed by atoms with E-state index in [1.165, 1.54) is 43.7 Å². The predicted molar refractivity (Wildman–Crippen MR) is 107 cm³/mol. The second kappa shape index (κ2) is 8.83. The maximum atomic E-state index is 12.6. The van der Waals surface area contributed by atoms with Gasteiger partial charge in [0, 0.05) is 12.1 Å². The fourth-order valence-corrected chi connectivity index (χ4v) is 4.22. The summed E-state index contributed by atoms with van der Waals surface area (Å²) >= 11 is 0. The maximum absolute atomic E-state index is 12.6. The fraction of sp³-hybridized carbons (Fsp3) is 0.143. The molecule has 0 aliphatic carbocycles. The molecule has 8 nitrogen and oxygen atoms in total. The molecule has 9 heteroatoms. The van der Waals surface area contributed by atoms with Gasteiger partial charge in [0.2, 0.25) is 0 Å². The van der Waals surface area contributed by atoms with Crippen molar-refractivity contribution in [1.29, 1.82) is 0 Å². The van der Waals surface area contributed by atoms with E-state index in [1.807, 2.05) is 0 Å². The van der Waals surface area contributed by atoms with Crippen LogP contribution in [-0.2, 0) is 22.1 Å². The zero-order chi connectivity index (χ0) is 21.7. The monoisotopic (exact) mass is 429 g/mol. The van der Waals surface area contributed by atoms with E-state index < -0.39 is 21.7 Å². The molecule has 0 radical (unpaired) electrons. The summed E-state index contributed by atoms with van der Waals surface area (Å²) in [7, 11) is -2.29. The normalized spacial score (nSPS) is 11.1. The number of nitrogens with one attached hydrogen (secondary N) is 1. The number of carboxylic acids is 1. The van der Waals surface area contributed by atoms with Gasteiger partial charge in [0.15, 0.2) is 15.6 Å². The average molecular weight is 429 g/mol. The number of methoxy groups -OCH3 is 1. The molecule has 0 saturated heterocycles. The van der Waals surface area contributed by atoms with Crippen molar-refractivity contribution in [2.45, 2.75) is 17.2 Å². The molecule has 156 valence electrons. The first-order valence-corrected chi connectivity index (χ1v) is 10.5. The number of amides is 1. The number of sulfone groups is 1. The van der Waals surface area contributed by atoms with E-state index in [-0.39, 0.29) is 39.8 Å². The maximum Gasteiger partial charge on any atom is 0.339 e. The summed E-state index contributed by atoms with van der Waals surface area (Å²) in [6.45, 7) is 0.0701. The number of benzene rings is 2. The molecule has 1 aromatic heterocycles. The molecule has 2 aromatic carbocycles. The Morgan fingerprint density at radius 3 is 2.50 bits per heavy atom. The van der Waals surface area contributed by atoms with E-state index in [9.17, 15) is 18.0 Å². The molecule has 0 aliphatic rings. The first-order valence-electron chi connectivity index (χ1n) is 8.84. The minimum atomic E-state index is -3.64. The first kappa shape index (κ1) is 21.1. The van der Waals surface area contributed by atoms with Gasteiger partial charge in [-0.05, 0) is 35.9 Å². The molecule has 1 heterocycles. The molecular weight excluding hydrogens is 410 g/mol. The van der Waals surface area contributed by atoms with Crippen LogP contribution in [0.2, 0.25) is 0 Å². The van der Waals surface area contributed by atoms with Crippen molar-refractivity contribution >= 4 is 21.7 Å². The van der Waals surface area contributed by atoms with Gasteiger partial charge in [0.25, 0.3) is 5.91 Å².